The number of allylic oxidation sites excluding steroid dienone is 1. The quantitative estimate of drug-likeness (QED) is 0.494. The molecule has 4 rings (SSSR count). The molecule has 0 radical (unpaired) electrons. The van der Waals surface area contributed by atoms with Gasteiger partial charge in [-0.05, 0) is 74.0 Å². The number of aromatic amines is 1. The molecule has 4 nitrogen and oxygen atoms in total. The molecule has 0 bridgehead atoms. The van der Waals surface area contributed by atoms with Crippen LogP contribution in [0.15, 0.2) is 48.5 Å². The number of fused-ring (bicyclic) bond motifs is 1. The highest BCUT2D eigenvalue weighted by molar-refractivity contribution is 5.90. The largest absolute Gasteiger partial charge is 0.337 e. The van der Waals surface area contributed by atoms with Gasteiger partial charge in [0.15, 0.2) is 0 Å². The van der Waals surface area contributed by atoms with Crippen molar-refractivity contribution in [1.82, 2.24) is 14.5 Å². The Kier molecular flexibility index (Phi) is 4.28. The highest BCUT2D eigenvalue weighted by atomic mass is 19.1. The smallest absolute Gasteiger partial charge is 0.149 e. The Balaban J connectivity index is 1.79. The number of hydrogen-bond donors (Lipinski definition) is 1. The van der Waals surface area contributed by atoms with Gasteiger partial charge in [0.1, 0.15) is 23.5 Å². The van der Waals surface area contributed by atoms with Crippen molar-refractivity contribution in [1.29, 1.82) is 5.26 Å². The first-order chi connectivity index (χ1) is 13.5. The first-order valence-corrected chi connectivity index (χ1v) is 8.68. The molecule has 0 amide bonds. The van der Waals surface area contributed by atoms with Gasteiger partial charge in [-0.2, -0.15) is 5.26 Å². The fourth-order valence-corrected chi connectivity index (χ4v) is 3.34. The predicted octanol–water partition coefficient (Wildman–Crippen LogP) is 5.31. The van der Waals surface area contributed by atoms with Crippen LogP contribution in [0.4, 0.5) is 8.78 Å². The maximum absolute atomic E-state index is 13.4. The number of benzene rings is 2. The van der Waals surface area contributed by atoms with Crippen LogP contribution in [0.1, 0.15) is 22.8 Å². The molecule has 0 unspecified atom stereocenters. The number of rotatable bonds is 3. The Bertz CT molecular complexity index is 1250. The lowest BCUT2D eigenvalue weighted by molar-refractivity contribution is 0.627. The molecule has 0 saturated heterocycles. The van der Waals surface area contributed by atoms with Gasteiger partial charge in [-0.25, -0.2) is 13.8 Å². The van der Waals surface area contributed by atoms with Crippen molar-refractivity contribution < 1.29 is 8.78 Å². The average molecular weight is 374 g/mol. The van der Waals surface area contributed by atoms with Crippen LogP contribution in [0.5, 0.6) is 0 Å². The number of aromatic nitrogens is 3. The van der Waals surface area contributed by atoms with Gasteiger partial charge in [-0.15, -0.1) is 0 Å². The monoisotopic (exact) mass is 374 g/mol. The van der Waals surface area contributed by atoms with E-state index in [-0.39, 0.29) is 11.6 Å². The van der Waals surface area contributed by atoms with E-state index in [1.54, 1.807) is 24.3 Å². The van der Waals surface area contributed by atoms with Gasteiger partial charge in [0.05, 0.1) is 16.6 Å². The van der Waals surface area contributed by atoms with Crippen LogP contribution in [0.3, 0.4) is 0 Å². The number of H-pyrrole nitrogens is 1. The number of imidazole rings is 1. The second-order valence-electron chi connectivity index (χ2n) is 6.55. The third-order valence-corrected chi connectivity index (χ3v) is 4.67. The molecule has 6 heteroatoms. The standard InChI is InChI=1S/C22H16F2N4/c1-13-9-15(14(2)28(13)19-6-3-17(23)4-7-19)10-16(12-25)22-26-20-8-5-18(24)11-21(20)27-22/h3-11H,1-2H3,(H,26,27)/b16-10-. The van der Waals surface area contributed by atoms with Crippen LogP contribution >= 0.6 is 0 Å². The maximum Gasteiger partial charge on any atom is 0.149 e. The molecule has 0 aliphatic rings. The van der Waals surface area contributed by atoms with Gasteiger partial charge in [-0.3, -0.25) is 0 Å². The van der Waals surface area contributed by atoms with E-state index in [0.717, 1.165) is 22.6 Å². The summed E-state index contributed by atoms with van der Waals surface area (Å²) in [7, 11) is 0. The highest BCUT2D eigenvalue weighted by Gasteiger charge is 2.13. The predicted molar refractivity (Wildman–Crippen MR) is 105 cm³/mol. The zero-order valence-corrected chi connectivity index (χ0v) is 15.3. The third kappa shape index (κ3) is 3.08. The van der Waals surface area contributed by atoms with E-state index >= 15 is 0 Å². The lowest BCUT2D eigenvalue weighted by Crippen LogP contribution is -1.99. The molecule has 2 aromatic heterocycles. The average Bonchev–Trinajstić information content (AvgIpc) is 3.20. The van der Waals surface area contributed by atoms with E-state index in [1.807, 2.05) is 24.5 Å². The zero-order chi connectivity index (χ0) is 19.8. The Hall–Kier alpha value is -3.72. The van der Waals surface area contributed by atoms with Crippen molar-refractivity contribution in [3.05, 3.63) is 82.9 Å². The topological polar surface area (TPSA) is 57.4 Å². The summed E-state index contributed by atoms with van der Waals surface area (Å²) < 4.78 is 28.6. The van der Waals surface area contributed by atoms with Gasteiger partial charge in [-0.1, -0.05) is 0 Å². The zero-order valence-electron chi connectivity index (χ0n) is 15.3. The van der Waals surface area contributed by atoms with E-state index < -0.39 is 0 Å². The van der Waals surface area contributed by atoms with E-state index in [1.165, 1.54) is 24.3 Å². The van der Waals surface area contributed by atoms with Crippen molar-refractivity contribution in [2.45, 2.75) is 13.8 Å². The number of nitrogens with zero attached hydrogens (tertiary/aromatic N) is 3. The number of nitrogens with one attached hydrogen (secondary N) is 1. The molecule has 2 aromatic carbocycles. The van der Waals surface area contributed by atoms with Gasteiger partial charge in [0, 0.05) is 17.1 Å². The number of hydrogen-bond acceptors (Lipinski definition) is 2. The summed E-state index contributed by atoms with van der Waals surface area (Å²) >= 11 is 0. The summed E-state index contributed by atoms with van der Waals surface area (Å²) in [5.74, 6) is -0.276. The SMILES string of the molecule is Cc1cc(/C=C(/C#N)c2nc3ccc(F)cc3[nH]2)c(C)n1-c1ccc(F)cc1. The Morgan fingerprint density at radius 2 is 1.79 bits per heavy atom. The van der Waals surface area contributed by atoms with E-state index in [0.29, 0.717) is 22.4 Å². The lowest BCUT2D eigenvalue weighted by atomic mass is 10.1. The molecular weight excluding hydrogens is 358 g/mol. The maximum atomic E-state index is 13.4. The fraction of sp³-hybridized carbons (Fsp3) is 0.0909. The Morgan fingerprint density at radius 3 is 2.50 bits per heavy atom. The first kappa shape index (κ1) is 17.7. The number of halogens is 2. The van der Waals surface area contributed by atoms with E-state index in [2.05, 4.69) is 16.0 Å². The molecule has 0 aliphatic heterocycles. The van der Waals surface area contributed by atoms with Crippen molar-refractivity contribution >= 4 is 22.7 Å². The molecule has 0 fully saturated rings. The summed E-state index contributed by atoms with van der Waals surface area (Å²) in [5, 5.41) is 9.63. The molecule has 28 heavy (non-hydrogen) atoms. The molecule has 0 saturated carbocycles. The van der Waals surface area contributed by atoms with E-state index in [9.17, 15) is 14.0 Å². The summed E-state index contributed by atoms with van der Waals surface area (Å²) in [5.41, 5.74) is 5.04. The van der Waals surface area contributed by atoms with Crippen LogP contribution in [0, 0.1) is 36.8 Å². The van der Waals surface area contributed by atoms with Gasteiger partial charge >= 0.3 is 0 Å². The van der Waals surface area contributed by atoms with Crippen molar-refractivity contribution in [2.75, 3.05) is 0 Å². The van der Waals surface area contributed by atoms with E-state index in [4.69, 9.17) is 0 Å². The number of aryl methyl sites for hydroxylation is 1. The summed E-state index contributed by atoms with van der Waals surface area (Å²) in [6.07, 6.45) is 1.75. The fourth-order valence-electron chi connectivity index (χ4n) is 3.34. The molecule has 1 N–H and O–H groups in total. The highest BCUT2D eigenvalue weighted by Crippen LogP contribution is 2.25. The molecule has 4 aromatic rings. The van der Waals surface area contributed by atoms with Gasteiger partial charge in [0.2, 0.25) is 0 Å². The van der Waals surface area contributed by atoms with Gasteiger partial charge < -0.3 is 9.55 Å². The third-order valence-electron chi connectivity index (χ3n) is 4.67. The normalized spacial score (nSPS) is 11.8. The lowest BCUT2D eigenvalue weighted by Gasteiger charge is -2.09. The summed E-state index contributed by atoms with van der Waals surface area (Å²) in [6.45, 7) is 3.88. The molecule has 2 heterocycles. The second-order valence-corrected chi connectivity index (χ2v) is 6.55. The second kappa shape index (κ2) is 6.78. The van der Waals surface area contributed by atoms with Gasteiger partial charge in [0.25, 0.3) is 0 Å². The molecule has 0 atom stereocenters. The molecule has 0 aliphatic carbocycles. The number of nitriles is 1. The molecule has 0 spiro atoms. The van der Waals surface area contributed by atoms with Crippen LogP contribution in [-0.4, -0.2) is 14.5 Å². The summed E-state index contributed by atoms with van der Waals surface area (Å²) in [4.78, 5) is 7.38. The minimum atomic E-state index is -0.368. The van der Waals surface area contributed by atoms with Crippen LogP contribution in [0.2, 0.25) is 0 Å². The van der Waals surface area contributed by atoms with Crippen molar-refractivity contribution in [3.8, 4) is 11.8 Å². The summed E-state index contributed by atoms with van der Waals surface area (Å²) in [6, 6.07) is 14.6. The minimum Gasteiger partial charge on any atom is -0.337 e. The van der Waals surface area contributed by atoms with Crippen LogP contribution in [0.25, 0.3) is 28.4 Å². The molecular formula is C22H16F2N4. The van der Waals surface area contributed by atoms with Crippen LogP contribution < -0.4 is 0 Å². The Morgan fingerprint density at radius 1 is 1.07 bits per heavy atom. The van der Waals surface area contributed by atoms with Crippen molar-refractivity contribution in [3.63, 3.8) is 0 Å². The molecule has 138 valence electrons. The Labute approximate surface area is 160 Å². The van der Waals surface area contributed by atoms with Crippen LogP contribution in [-0.2, 0) is 0 Å². The van der Waals surface area contributed by atoms with Crippen molar-refractivity contribution in [2.24, 2.45) is 0 Å². The first-order valence-electron chi connectivity index (χ1n) is 8.68. The minimum absolute atomic E-state index is 0.292.